The normalized spacial score (nSPS) is 22.3. The molecule has 2 N–H and O–H groups in total. The van der Waals surface area contributed by atoms with Gasteiger partial charge in [0.05, 0.1) is 6.04 Å². The molecule has 0 saturated heterocycles. The summed E-state index contributed by atoms with van der Waals surface area (Å²) in [6, 6.07) is 0.571. The molecule has 2 aliphatic rings. The van der Waals surface area contributed by atoms with Gasteiger partial charge in [-0.05, 0) is 54.5 Å². The summed E-state index contributed by atoms with van der Waals surface area (Å²) in [5, 5.41) is 12.9. The number of hydrogen-bond donors (Lipinski definition) is 1. The van der Waals surface area contributed by atoms with Crippen molar-refractivity contribution in [1.29, 1.82) is 0 Å². The third-order valence-corrected chi connectivity index (χ3v) is 4.78. The smallest absolute Gasteiger partial charge is 0.209 e. The van der Waals surface area contributed by atoms with Crippen LogP contribution in [0.5, 0.6) is 0 Å². The average molecular weight is 239 g/mol. The molecule has 88 valence electrons. The maximum Gasteiger partial charge on any atom is 0.209 e. The Balaban J connectivity index is 1.59. The Labute approximate surface area is 99.2 Å². The highest BCUT2D eigenvalue weighted by atomic mass is 32.2. The van der Waals surface area contributed by atoms with Gasteiger partial charge in [0.2, 0.25) is 5.16 Å². The summed E-state index contributed by atoms with van der Waals surface area (Å²) in [5.74, 6) is 1.12. The number of nitrogens with two attached hydrogens (primary N) is 1. The number of aromatic nitrogens is 4. The lowest BCUT2D eigenvalue weighted by atomic mass is 10.1. The van der Waals surface area contributed by atoms with E-state index >= 15 is 0 Å². The van der Waals surface area contributed by atoms with Crippen LogP contribution >= 0.6 is 11.8 Å². The van der Waals surface area contributed by atoms with Crippen LogP contribution in [0, 0.1) is 5.41 Å². The predicted octanol–water partition coefficient (Wildman–Crippen LogP) is 1.23. The zero-order chi connectivity index (χ0) is 11.0. The summed E-state index contributed by atoms with van der Waals surface area (Å²) < 4.78 is 1.99. The second kappa shape index (κ2) is 4.00. The van der Waals surface area contributed by atoms with Crippen LogP contribution in [0.1, 0.15) is 38.1 Å². The first-order valence-electron chi connectivity index (χ1n) is 5.94. The van der Waals surface area contributed by atoms with Gasteiger partial charge in [-0.2, -0.15) is 0 Å². The topological polar surface area (TPSA) is 69.6 Å². The monoisotopic (exact) mass is 239 g/mol. The molecule has 0 spiro atoms. The van der Waals surface area contributed by atoms with Crippen LogP contribution in [0.4, 0.5) is 0 Å². The highest BCUT2D eigenvalue weighted by molar-refractivity contribution is 7.99. The second-order valence-corrected chi connectivity index (χ2v) is 5.91. The van der Waals surface area contributed by atoms with Crippen molar-refractivity contribution in [3.05, 3.63) is 0 Å². The van der Waals surface area contributed by atoms with Crippen molar-refractivity contribution in [3.63, 3.8) is 0 Å². The van der Waals surface area contributed by atoms with Crippen molar-refractivity contribution in [2.75, 3.05) is 12.3 Å². The molecule has 0 bridgehead atoms. The fourth-order valence-electron chi connectivity index (χ4n) is 2.00. The standard InChI is InChI=1S/C10H17N5S/c11-6-5-10(3-4-10)7-16-9-12-13-14-15(9)8-1-2-8/h8H,1-7,11H2. The zero-order valence-electron chi connectivity index (χ0n) is 9.30. The molecule has 2 fully saturated rings. The highest BCUT2D eigenvalue weighted by Crippen LogP contribution is 2.51. The van der Waals surface area contributed by atoms with E-state index in [1.54, 1.807) is 11.8 Å². The molecule has 0 unspecified atom stereocenters. The molecular weight excluding hydrogens is 222 g/mol. The molecule has 2 saturated carbocycles. The number of nitrogens with zero attached hydrogens (tertiary/aromatic N) is 4. The molecule has 0 radical (unpaired) electrons. The van der Waals surface area contributed by atoms with Gasteiger partial charge in [-0.25, -0.2) is 4.68 Å². The van der Waals surface area contributed by atoms with Gasteiger partial charge in [0.15, 0.2) is 0 Å². The van der Waals surface area contributed by atoms with E-state index in [0.717, 1.165) is 23.9 Å². The lowest BCUT2D eigenvalue weighted by Gasteiger charge is -2.12. The van der Waals surface area contributed by atoms with Crippen molar-refractivity contribution < 1.29 is 0 Å². The minimum atomic E-state index is 0.500. The Morgan fingerprint density at radius 3 is 2.88 bits per heavy atom. The van der Waals surface area contributed by atoms with Gasteiger partial charge in [0.25, 0.3) is 0 Å². The Bertz CT molecular complexity index is 369. The zero-order valence-corrected chi connectivity index (χ0v) is 10.1. The summed E-state index contributed by atoms with van der Waals surface area (Å²) in [6.45, 7) is 0.800. The van der Waals surface area contributed by atoms with E-state index in [9.17, 15) is 0 Å². The van der Waals surface area contributed by atoms with Crippen LogP contribution in [0.2, 0.25) is 0 Å². The molecule has 6 heteroatoms. The number of rotatable bonds is 6. The minimum absolute atomic E-state index is 0.500. The molecule has 0 amide bonds. The Hall–Kier alpha value is -0.620. The van der Waals surface area contributed by atoms with Crippen LogP contribution in [-0.2, 0) is 0 Å². The lowest BCUT2D eigenvalue weighted by molar-refractivity contribution is 0.532. The first-order valence-corrected chi connectivity index (χ1v) is 6.92. The average Bonchev–Trinajstić information content (AvgIpc) is 3.20. The van der Waals surface area contributed by atoms with Gasteiger partial charge < -0.3 is 5.73 Å². The van der Waals surface area contributed by atoms with E-state index in [1.165, 1.54) is 25.7 Å². The minimum Gasteiger partial charge on any atom is -0.330 e. The molecule has 0 aliphatic heterocycles. The van der Waals surface area contributed by atoms with Crippen molar-refractivity contribution in [3.8, 4) is 0 Å². The number of thioether (sulfide) groups is 1. The second-order valence-electron chi connectivity index (χ2n) is 4.96. The van der Waals surface area contributed by atoms with E-state index in [1.807, 2.05) is 4.68 Å². The molecule has 1 heterocycles. The summed E-state index contributed by atoms with van der Waals surface area (Å²) >= 11 is 1.80. The highest BCUT2D eigenvalue weighted by Gasteiger charge is 2.42. The third-order valence-electron chi connectivity index (χ3n) is 3.49. The van der Waals surface area contributed by atoms with Gasteiger partial charge in [0, 0.05) is 5.75 Å². The van der Waals surface area contributed by atoms with E-state index in [2.05, 4.69) is 15.5 Å². The summed E-state index contributed by atoms with van der Waals surface area (Å²) in [5.41, 5.74) is 6.14. The van der Waals surface area contributed by atoms with Crippen molar-refractivity contribution >= 4 is 11.8 Å². The largest absolute Gasteiger partial charge is 0.330 e. The Morgan fingerprint density at radius 1 is 1.44 bits per heavy atom. The molecule has 5 nitrogen and oxygen atoms in total. The van der Waals surface area contributed by atoms with Gasteiger partial charge in [-0.15, -0.1) is 5.10 Å². The maximum absolute atomic E-state index is 5.64. The third kappa shape index (κ3) is 2.08. The molecular formula is C10H17N5S. The summed E-state index contributed by atoms with van der Waals surface area (Å²) in [6.07, 6.45) is 6.24. The van der Waals surface area contributed by atoms with E-state index in [-0.39, 0.29) is 0 Å². The molecule has 0 aromatic carbocycles. The van der Waals surface area contributed by atoms with Gasteiger partial charge in [-0.1, -0.05) is 11.8 Å². The molecule has 16 heavy (non-hydrogen) atoms. The first kappa shape index (κ1) is 10.5. The van der Waals surface area contributed by atoms with Crippen LogP contribution in [0.25, 0.3) is 0 Å². The fraction of sp³-hybridized carbons (Fsp3) is 0.900. The van der Waals surface area contributed by atoms with Gasteiger partial charge in [-0.3, -0.25) is 0 Å². The summed E-state index contributed by atoms with van der Waals surface area (Å²) in [4.78, 5) is 0. The van der Waals surface area contributed by atoms with Crippen LogP contribution < -0.4 is 5.73 Å². The van der Waals surface area contributed by atoms with Crippen LogP contribution in [0.3, 0.4) is 0 Å². The van der Waals surface area contributed by atoms with E-state index in [0.29, 0.717) is 11.5 Å². The predicted molar refractivity (Wildman–Crippen MR) is 62.2 cm³/mol. The molecule has 2 aliphatic carbocycles. The molecule has 1 aromatic heterocycles. The van der Waals surface area contributed by atoms with E-state index in [4.69, 9.17) is 5.73 Å². The van der Waals surface area contributed by atoms with Crippen molar-refractivity contribution in [2.45, 2.75) is 43.3 Å². The number of tetrazole rings is 1. The lowest BCUT2D eigenvalue weighted by Crippen LogP contribution is -2.12. The first-order chi connectivity index (χ1) is 7.83. The Morgan fingerprint density at radius 2 is 2.25 bits per heavy atom. The van der Waals surface area contributed by atoms with Gasteiger partial charge >= 0.3 is 0 Å². The summed E-state index contributed by atoms with van der Waals surface area (Å²) in [7, 11) is 0. The van der Waals surface area contributed by atoms with Crippen LogP contribution in [0.15, 0.2) is 5.16 Å². The maximum atomic E-state index is 5.64. The number of hydrogen-bond acceptors (Lipinski definition) is 5. The van der Waals surface area contributed by atoms with Crippen molar-refractivity contribution in [2.24, 2.45) is 11.1 Å². The Kier molecular flexibility index (Phi) is 2.63. The van der Waals surface area contributed by atoms with Crippen molar-refractivity contribution in [1.82, 2.24) is 20.2 Å². The SMILES string of the molecule is NCCC1(CSc2nnnn2C2CC2)CC1. The van der Waals surface area contributed by atoms with Gasteiger partial charge in [0.1, 0.15) is 0 Å². The fourth-order valence-corrected chi connectivity index (χ4v) is 3.28. The molecule has 1 aromatic rings. The quantitative estimate of drug-likeness (QED) is 0.756. The molecule has 3 rings (SSSR count). The van der Waals surface area contributed by atoms with E-state index < -0.39 is 0 Å². The van der Waals surface area contributed by atoms with Crippen LogP contribution in [-0.4, -0.2) is 32.5 Å². The molecule has 0 atom stereocenters.